The van der Waals surface area contributed by atoms with Gasteiger partial charge in [0.2, 0.25) is 0 Å². The molecule has 5 nitrogen and oxygen atoms in total. The molecule has 0 spiro atoms. The maximum Gasteiger partial charge on any atom is 0.407 e. The molecule has 0 radical (unpaired) electrons. The average molecular weight is 330 g/mol. The van der Waals surface area contributed by atoms with Gasteiger partial charge in [-0.05, 0) is 48.8 Å². The maximum absolute atomic E-state index is 11.4. The van der Waals surface area contributed by atoms with Crippen LogP contribution in [0.5, 0.6) is 0 Å². The molecular weight excluding hydrogens is 310 g/mol. The zero-order chi connectivity index (χ0) is 14.3. The molecule has 2 N–H and O–H groups in total. The summed E-state index contributed by atoms with van der Waals surface area (Å²) in [5, 5.41) is 5.88. The minimum absolute atomic E-state index is 0.394. The molecule has 1 heterocycles. The lowest BCUT2D eigenvalue weighted by Gasteiger charge is -2.19. The number of carbonyl (C=O) groups is 1. The standard InChI is InChI=1S/C13H20BrN3O2/c1-13(2,3)19-12(18)16-8-7-15-9-10-5-4-6-11(14)17-10/h4-6,15H,7-9H2,1-3H3,(H,16,18). The van der Waals surface area contributed by atoms with Gasteiger partial charge in [-0.15, -0.1) is 0 Å². The molecular formula is C13H20BrN3O2. The van der Waals surface area contributed by atoms with Crippen LogP contribution in [0.4, 0.5) is 4.79 Å². The van der Waals surface area contributed by atoms with Crippen LogP contribution in [0.2, 0.25) is 0 Å². The summed E-state index contributed by atoms with van der Waals surface area (Å²) in [7, 11) is 0. The predicted molar refractivity (Wildman–Crippen MR) is 77.9 cm³/mol. The quantitative estimate of drug-likeness (QED) is 0.643. The Kier molecular flexibility index (Phi) is 6.24. The summed E-state index contributed by atoms with van der Waals surface area (Å²) in [6, 6.07) is 5.76. The number of hydrogen-bond acceptors (Lipinski definition) is 4. The molecule has 0 saturated carbocycles. The van der Waals surface area contributed by atoms with Crippen molar-refractivity contribution in [3.05, 3.63) is 28.5 Å². The van der Waals surface area contributed by atoms with Gasteiger partial charge in [-0.25, -0.2) is 9.78 Å². The summed E-state index contributed by atoms with van der Waals surface area (Å²) in [5.41, 5.74) is 0.490. The Balaban J connectivity index is 2.13. The fraction of sp³-hybridized carbons (Fsp3) is 0.538. The Morgan fingerprint density at radius 3 is 2.74 bits per heavy atom. The van der Waals surface area contributed by atoms with Gasteiger partial charge in [0, 0.05) is 19.6 Å². The molecule has 0 aliphatic rings. The van der Waals surface area contributed by atoms with Crippen LogP contribution in [0.1, 0.15) is 26.5 Å². The molecule has 1 aromatic rings. The van der Waals surface area contributed by atoms with Crippen molar-refractivity contribution in [3.8, 4) is 0 Å². The molecule has 0 aliphatic heterocycles. The largest absolute Gasteiger partial charge is 0.444 e. The van der Waals surface area contributed by atoms with E-state index in [2.05, 4.69) is 31.5 Å². The Labute approximate surface area is 122 Å². The van der Waals surface area contributed by atoms with Crippen molar-refractivity contribution >= 4 is 22.0 Å². The number of carbonyl (C=O) groups excluding carboxylic acids is 1. The number of ether oxygens (including phenoxy) is 1. The number of nitrogens with one attached hydrogen (secondary N) is 2. The van der Waals surface area contributed by atoms with Crippen LogP contribution in [-0.2, 0) is 11.3 Å². The van der Waals surface area contributed by atoms with E-state index in [4.69, 9.17) is 4.74 Å². The van der Waals surface area contributed by atoms with Crippen LogP contribution in [0.3, 0.4) is 0 Å². The van der Waals surface area contributed by atoms with E-state index < -0.39 is 11.7 Å². The van der Waals surface area contributed by atoms with E-state index in [9.17, 15) is 4.79 Å². The van der Waals surface area contributed by atoms with Crippen molar-refractivity contribution in [2.75, 3.05) is 13.1 Å². The van der Waals surface area contributed by atoms with Gasteiger partial charge in [-0.2, -0.15) is 0 Å². The number of aromatic nitrogens is 1. The first-order valence-electron chi connectivity index (χ1n) is 6.16. The molecule has 6 heteroatoms. The first kappa shape index (κ1) is 15.9. The first-order valence-corrected chi connectivity index (χ1v) is 6.95. The molecule has 19 heavy (non-hydrogen) atoms. The van der Waals surface area contributed by atoms with Crippen molar-refractivity contribution in [1.82, 2.24) is 15.6 Å². The Morgan fingerprint density at radius 1 is 1.37 bits per heavy atom. The van der Waals surface area contributed by atoms with E-state index in [0.717, 1.165) is 10.3 Å². The minimum atomic E-state index is -0.461. The molecule has 0 saturated heterocycles. The highest BCUT2D eigenvalue weighted by Gasteiger charge is 2.15. The van der Waals surface area contributed by atoms with Crippen LogP contribution in [0.15, 0.2) is 22.8 Å². The summed E-state index contributed by atoms with van der Waals surface area (Å²) < 4.78 is 5.94. The van der Waals surface area contributed by atoms with Gasteiger partial charge in [0.1, 0.15) is 10.2 Å². The third-order valence-corrected chi connectivity index (χ3v) is 2.49. The van der Waals surface area contributed by atoms with E-state index in [1.54, 1.807) is 0 Å². The molecule has 0 bridgehead atoms. The monoisotopic (exact) mass is 329 g/mol. The maximum atomic E-state index is 11.4. The number of hydrogen-bond donors (Lipinski definition) is 2. The number of alkyl carbamates (subject to hydrolysis) is 1. The SMILES string of the molecule is CC(C)(C)OC(=O)NCCNCc1cccc(Br)n1. The summed E-state index contributed by atoms with van der Waals surface area (Å²) in [6.07, 6.45) is -0.394. The van der Waals surface area contributed by atoms with Crippen LogP contribution in [0, 0.1) is 0 Å². The molecule has 1 amide bonds. The summed E-state index contributed by atoms with van der Waals surface area (Å²) in [5.74, 6) is 0. The Bertz CT molecular complexity index is 419. The van der Waals surface area contributed by atoms with Crippen molar-refractivity contribution < 1.29 is 9.53 Å². The average Bonchev–Trinajstić information content (AvgIpc) is 2.26. The lowest BCUT2D eigenvalue weighted by molar-refractivity contribution is 0.0528. The molecule has 106 valence electrons. The second kappa shape index (κ2) is 7.45. The number of halogens is 1. The zero-order valence-electron chi connectivity index (χ0n) is 11.5. The van der Waals surface area contributed by atoms with Gasteiger partial charge < -0.3 is 15.4 Å². The van der Waals surface area contributed by atoms with Crippen LogP contribution in [0.25, 0.3) is 0 Å². The Hall–Kier alpha value is -1.14. The fourth-order valence-corrected chi connectivity index (χ4v) is 1.71. The van der Waals surface area contributed by atoms with Gasteiger partial charge in [0.25, 0.3) is 0 Å². The molecule has 0 aromatic carbocycles. The highest BCUT2D eigenvalue weighted by molar-refractivity contribution is 9.10. The van der Waals surface area contributed by atoms with E-state index in [0.29, 0.717) is 19.6 Å². The third-order valence-electron chi connectivity index (χ3n) is 2.05. The van der Waals surface area contributed by atoms with Crippen LogP contribution in [-0.4, -0.2) is 29.8 Å². The highest BCUT2D eigenvalue weighted by atomic mass is 79.9. The van der Waals surface area contributed by atoms with Gasteiger partial charge in [-0.3, -0.25) is 0 Å². The molecule has 0 atom stereocenters. The Morgan fingerprint density at radius 2 is 2.11 bits per heavy atom. The molecule has 1 aromatic heterocycles. The summed E-state index contributed by atoms with van der Waals surface area (Å²) in [4.78, 5) is 15.7. The third kappa shape index (κ3) is 7.79. The highest BCUT2D eigenvalue weighted by Crippen LogP contribution is 2.06. The second-order valence-electron chi connectivity index (χ2n) is 5.06. The van der Waals surface area contributed by atoms with Crippen LogP contribution < -0.4 is 10.6 Å². The fourth-order valence-electron chi connectivity index (χ4n) is 1.33. The lowest BCUT2D eigenvalue weighted by atomic mass is 10.2. The zero-order valence-corrected chi connectivity index (χ0v) is 13.1. The van der Waals surface area contributed by atoms with E-state index >= 15 is 0 Å². The van der Waals surface area contributed by atoms with Crippen molar-refractivity contribution in [3.63, 3.8) is 0 Å². The smallest absolute Gasteiger partial charge is 0.407 e. The topological polar surface area (TPSA) is 63.2 Å². The number of pyridine rings is 1. The summed E-state index contributed by atoms with van der Waals surface area (Å²) >= 11 is 3.32. The predicted octanol–water partition coefficient (Wildman–Crippen LogP) is 2.46. The molecule has 0 fully saturated rings. The van der Waals surface area contributed by atoms with E-state index in [1.807, 2.05) is 39.0 Å². The number of rotatable bonds is 5. The van der Waals surface area contributed by atoms with Crippen LogP contribution >= 0.6 is 15.9 Å². The van der Waals surface area contributed by atoms with Gasteiger partial charge in [0.05, 0.1) is 5.69 Å². The van der Waals surface area contributed by atoms with Crippen molar-refractivity contribution in [2.24, 2.45) is 0 Å². The molecule has 0 aliphatic carbocycles. The second-order valence-corrected chi connectivity index (χ2v) is 5.87. The van der Waals surface area contributed by atoms with Crippen molar-refractivity contribution in [1.29, 1.82) is 0 Å². The van der Waals surface area contributed by atoms with Gasteiger partial charge in [-0.1, -0.05) is 6.07 Å². The molecule has 1 rings (SSSR count). The lowest BCUT2D eigenvalue weighted by Crippen LogP contribution is -2.36. The summed E-state index contributed by atoms with van der Waals surface area (Å²) in [6.45, 7) is 7.35. The number of amides is 1. The van der Waals surface area contributed by atoms with E-state index in [-0.39, 0.29) is 0 Å². The normalized spacial score (nSPS) is 11.2. The van der Waals surface area contributed by atoms with Crippen molar-refractivity contribution in [2.45, 2.75) is 32.9 Å². The van der Waals surface area contributed by atoms with Gasteiger partial charge >= 0.3 is 6.09 Å². The van der Waals surface area contributed by atoms with Gasteiger partial charge in [0.15, 0.2) is 0 Å². The van der Waals surface area contributed by atoms with E-state index in [1.165, 1.54) is 0 Å². The first-order chi connectivity index (χ1) is 8.87. The minimum Gasteiger partial charge on any atom is -0.444 e. The molecule has 0 unspecified atom stereocenters. The number of nitrogens with zero attached hydrogens (tertiary/aromatic N) is 1.